The number of hydrogen-bond donors (Lipinski definition) is 1. The van der Waals surface area contributed by atoms with Crippen molar-refractivity contribution < 1.29 is 9.53 Å². The largest absolute Gasteiger partial charge is 0.481 e. The molecular weight excluding hydrogens is 242 g/mol. The van der Waals surface area contributed by atoms with Crippen molar-refractivity contribution in [2.75, 3.05) is 20.2 Å². The standard InChI is InChI=1S/C14H21N3O2/c1-14(2)9-12(18)15-6-7-17(14)10-11-4-5-16-13(8-11)19-3/h4-5,8H,6-7,9-10H2,1-3H3,(H,15,18). The fourth-order valence-electron chi connectivity index (χ4n) is 2.37. The molecule has 0 aliphatic carbocycles. The van der Waals surface area contributed by atoms with Gasteiger partial charge in [-0.15, -0.1) is 0 Å². The first-order valence-electron chi connectivity index (χ1n) is 6.52. The summed E-state index contributed by atoms with van der Waals surface area (Å²) < 4.78 is 5.14. The number of nitrogens with zero attached hydrogens (tertiary/aromatic N) is 2. The summed E-state index contributed by atoms with van der Waals surface area (Å²) in [6.45, 7) is 6.56. The van der Waals surface area contributed by atoms with Crippen molar-refractivity contribution in [1.82, 2.24) is 15.2 Å². The molecule has 0 bridgehead atoms. The minimum Gasteiger partial charge on any atom is -0.481 e. The third-order valence-electron chi connectivity index (χ3n) is 3.53. The van der Waals surface area contributed by atoms with Crippen molar-refractivity contribution in [1.29, 1.82) is 0 Å². The Labute approximate surface area is 114 Å². The van der Waals surface area contributed by atoms with Crippen molar-refractivity contribution in [3.05, 3.63) is 23.9 Å². The number of ether oxygens (including phenoxy) is 1. The van der Waals surface area contributed by atoms with Crippen molar-refractivity contribution in [3.8, 4) is 5.88 Å². The van der Waals surface area contributed by atoms with Gasteiger partial charge in [-0.05, 0) is 25.5 Å². The molecule has 1 fully saturated rings. The maximum Gasteiger partial charge on any atom is 0.221 e. The lowest BCUT2D eigenvalue weighted by molar-refractivity contribution is -0.122. The smallest absolute Gasteiger partial charge is 0.221 e. The zero-order valence-electron chi connectivity index (χ0n) is 11.8. The van der Waals surface area contributed by atoms with Crippen molar-refractivity contribution in [3.63, 3.8) is 0 Å². The molecule has 2 rings (SSSR count). The second kappa shape index (κ2) is 5.57. The maximum atomic E-state index is 11.6. The highest BCUT2D eigenvalue weighted by Gasteiger charge is 2.31. The monoisotopic (exact) mass is 263 g/mol. The lowest BCUT2D eigenvalue weighted by Crippen LogP contribution is -2.44. The van der Waals surface area contributed by atoms with Gasteiger partial charge in [-0.2, -0.15) is 0 Å². The fourth-order valence-corrected chi connectivity index (χ4v) is 2.37. The van der Waals surface area contributed by atoms with E-state index in [0.29, 0.717) is 18.8 Å². The van der Waals surface area contributed by atoms with Gasteiger partial charge in [-0.3, -0.25) is 9.69 Å². The fraction of sp³-hybridized carbons (Fsp3) is 0.571. The molecule has 0 aromatic carbocycles. The van der Waals surface area contributed by atoms with E-state index in [4.69, 9.17) is 4.74 Å². The summed E-state index contributed by atoms with van der Waals surface area (Å²) in [6, 6.07) is 3.93. The van der Waals surface area contributed by atoms with Crippen LogP contribution in [0.15, 0.2) is 18.3 Å². The van der Waals surface area contributed by atoms with Gasteiger partial charge in [-0.25, -0.2) is 4.98 Å². The molecule has 5 heteroatoms. The Hall–Kier alpha value is -1.62. The molecule has 0 unspecified atom stereocenters. The van der Waals surface area contributed by atoms with Gasteiger partial charge in [0.05, 0.1) is 7.11 Å². The Bertz CT molecular complexity index is 460. The normalized spacial score (nSPS) is 19.6. The number of rotatable bonds is 3. The summed E-state index contributed by atoms with van der Waals surface area (Å²) in [5, 5.41) is 2.92. The summed E-state index contributed by atoms with van der Waals surface area (Å²) in [4.78, 5) is 18.1. The minimum absolute atomic E-state index is 0.125. The van der Waals surface area contributed by atoms with Crippen LogP contribution in [-0.2, 0) is 11.3 Å². The molecule has 0 saturated carbocycles. The average molecular weight is 263 g/mol. The molecule has 1 N–H and O–H groups in total. The van der Waals surface area contributed by atoms with Crippen LogP contribution in [0.4, 0.5) is 0 Å². The molecule has 1 saturated heterocycles. The highest BCUT2D eigenvalue weighted by Crippen LogP contribution is 2.23. The van der Waals surface area contributed by atoms with Gasteiger partial charge < -0.3 is 10.1 Å². The average Bonchev–Trinajstić information content (AvgIpc) is 2.48. The molecule has 0 atom stereocenters. The third-order valence-corrected chi connectivity index (χ3v) is 3.53. The predicted octanol–water partition coefficient (Wildman–Crippen LogP) is 1.19. The zero-order valence-corrected chi connectivity index (χ0v) is 11.8. The number of carbonyl (C=O) groups is 1. The molecule has 1 aliphatic rings. The van der Waals surface area contributed by atoms with E-state index in [-0.39, 0.29) is 11.4 Å². The van der Waals surface area contributed by atoms with Gasteiger partial charge in [0, 0.05) is 43.9 Å². The van der Waals surface area contributed by atoms with Crippen molar-refractivity contribution in [2.45, 2.75) is 32.4 Å². The Balaban J connectivity index is 2.13. The number of pyridine rings is 1. The molecule has 0 radical (unpaired) electrons. The second-order valence-electron chi connectivity index (χ2n) is 5.47. The highest BCUT2D eigenvalue weighted by molar-refractivity contribution is 5.77. The summed E-state index contributed by atoms with van der Waals surface area (Å²) in [7, 11) is 1.62. The number of aromatic nitrogens is 1. The van der Waals surface area contributed by atoms with Crippen molar-refractivity contribution >= 4 is 5.91 Å². The van der Waals surface area contributed by atoms with Crippen LogP contribution < -0.4 is 10.1 Å². The van der Waals surface area contributed by atoms with E-state index in [1.165, 1.54) is 0 Å². The molecule has 1 amide bonds. The van der Waals surface area contributed by atoms with E-state index in [2.05, 4.69) is 29.0 Å². The molecule has 2 heterocycles. The van der Waals surface area contributed by atoms with Gasteiger partial charge >= 0.3 is 0 Å². The van der Waals surface area contributed by atoms with Crippen LogP contribution in [-0.4, -0.2) is 41.5 Å². The van der Waals surface area contributed by atoms with E-state index < -0.39 is 0 Å². The highest BCUT2D eigenvalue weighted by atomic mass is 16.5. The lowest BCUT2D eigenvalue weighted by atomic mass is 9.97. The summed E-state index contributed by atoms with van der Waals surface area (Å²) in [6.07, 6.45) is 2.28. The number of methoxy groups -OCH3 is 1. The van der Waals surface area contributed by atoms with Crippen molar-refractivity contribution in [2.24, 2.45) is 0 Å². The number of carbonyl (C=O) groups excluding carboxylic acids is 1. The second-order valence-corrected chi connectivity index (χ2v) is 5.47. The minimum atomic E-state index is -0.142. The first kappa shape index (κ1) is 13.8. The van der Waals surface area contributed by atoms with Gasteiger partial charge in [0.2, 0.25) is 11.8 Å². The molecular formula is C14H21N3O2. The van der Waals surface area contributed by atoms with Crippen LogP contribution in [0.25, 0.3) is 0 Å². The Morgan fingerprint density at radius 2 is 2.32 bits per heavy atom. The van der Waals surface area contributed by atoms with Crippen LogP contribution >= 0.6 is 0 Å². The molecule has 104 valence electrons. The maximum absolute atomic E-state index is 11.6. The molecule has 19 heavy (non-hydrogen) atoms. The molecule has 5 nitrogen and oxygen atoms in total. The van der Waals surface area contributed by atoms with Crippen LogP contribution in [0.5, 0.6) is 5.88 Å². The summed E-state index contributed by atoms with van der Waals surface area (Å²) in [5.74, 6) is 0.749. The molecule has 1 aromatic heterocycles. The quantitative estimate of drug-likeness (QED) is 0.890. The van der Waals surface area contributed by atoms with Gasteiger partial charge in [0.1, 0.15) is 0 Å². The molecule has 1 aromatic rings. The zero-order chi connectivity index (χ0) is 13.9. The summed E-state index contributed by atoms with van der Waals surface area (Å²) in [5.41, 5.74) is 1.01. The topological polar surface area (TPSA) is 54.5 Å². The Morgan fingerprint density at radius 3 is 3.05 bits per heavy atom. The first-order chi connectivity index (χ1) is 9.01. The van der Waals surface area contributed by atoms with Gasteiger partial charge in [0.25, 0.3) is 0 Å². The van der Waals surface area contributed by atoms with Crippen LogP contribution in [0.2, 0.25) is 0 Å². The van der Waals surface area contributed by atoms with E-state index in [0.717, 1.165) is 18.7 Å². The molecule has 1 aliphatic heterocycles. The van der Waals surface area contributed by atoms with Crippen LogP contribution in [0, 0.1) is 0 Å². The third kappa shape index (κ3) is 3.44. The first-order valence-corrected chi connectivity index (χ1v) is 6.52. The van der Waals surface area contributed by atoms with Crippen LogP contribution in [0.1, 0.15) is 25.8 Å². The number of hydrogen-bond acceptors (Lipinski definition) is 4. The summed E-state index contributed by atoms with van der Waals surface area (Å²) >= 11 is 0. The van der Waals surface area contributed by atoms with E-state index in [9.17, 15) is 4.79 Å². The predicted molar refractivity (Wildman–Crippen MR) is 72.9 cm³/mol. The van der Waals surface area contributed by atoms with E-state index in [1.54, 1.807) is 13.3 Å². The van der Waals surface area contributed by atoms with Gasteiger partial charge in [-0.1, -0.05) is 0 Å². The number of amides is 1. The Kier molecular flexibility index (Phi) is 4.04. The van der Waals surface area contributed by atoms with Crippen LogP contribution in [0.3, 0.4) is 0 Å². The Morgan fingerprint density at radius 1 is 1.53 bits per heavy atom. The van der Waals surface area contributed by atoms with E-state index >= 15 is 0 Å². The SMILES string of the molecule is COc1cc(CN2CCNC(=O)CC2(C)C)ccn1. The van der Waals surface area contributed by atoms with E-state index in [1.807, 2.05) is 12.1 Å². The lowest BCUT2D eigenvalue weighted by Gasteiger charge is -2.36. The van der Waals surface area contributed by atoms with Gasteiger partial charge in [0.15, 0.2) is 0 Å². The number of nitrogens with one attached hydrogen (secondary N) is 1. The molecule has 0 spiro atoms.